The SMILES string of the molecule is CC(C)(CNC(=O)c1ccccc1-n1cnnn1)N1CCc2ccccc2C1. The first-order chi connectivity index (χ1) is 13.5. The lowest BCUT2D eigenvalue weighted by Gasteiger charge is -2.41. The van der Waals surface area contributed by atoms with Gasteiger partial charge in [-0.15, -0.1) is 5.10 Å². The van der Waals surface area contributed by atoms with E-state index in [0.717, 1.165) is 19.5 Å². The van der Waals surface area contributed by atoms with Crippen molar-refractivity contribution in [3.63, 3.8) is 0 Å². The average molecular weight is 376 g/mol. The van der Waals surface area contributed by atoms with Gasteiger partial charge in [0.05, 0.1) is 11.3 Å². The van der Waals surface area contributed by atoms with E-state index >= 15 is 0 Å². The molecule has 1 amide bonds. The minimum Gasteiger partial charge on any atom is -0.350 e. The molecule has 0 bridgehead atoms. The first-order valence-corrected chi connectivity index (χ1v) is 9.47. The lowest BCUT2D eigenvalue weighted by atomic mass is 9.94. The van der Waals surface area contributed by atoms with Crippen molar-refractivity contribution in [3.8, 4) is 5.69 Å². The molecule has 7 heteroatoms. The lowest BCUT2D eigenvalue weighted by Crippen LogP contribution is -2.53. The number of carbonyl (C=O) groups excluding carboxylic acids is 1. The Morgan fingerprint density at radius 2 is 1.86 bits per heavy atom. The Morgan fingerprint density at radius 1 is 1.11 bits per heavy atom. The van der Waals surface area contributed by atoms with Crippen LogP contribution in [0.2, 0.25) is 0 Å². The zero-order valence-electron chi connectivity index (χ0n) is 16.2. The molecule has 0 atom stereocenters. The third-order valence-corrected chi connectivity index (χ3v) is 5.41. The fourth-order valence-electron chi connectivity index (χ4n) is 3.65. The van der Waals surface area contributed by atoms with Crippen molar-refractivity contribution in [2.45, 2.75) is 32.4 Å². The van der Waals surface area contributed by atoms with Crippen LogP contribution >= 0.6 is 0 Å². The van der Waals surface area contributed by atoms with Gasteiger partial charge in [0.25, 0.3) is 5.91 Å². The Labute approximate surface area is 164 Å². The molecule has 3 aromatic rings. The summed E-state index contributed by atoms with van der Waals surface area (Å²) in [6.45, 7) is 6.79. The summed E-state index contributed by atoms with van der Waals surface area (Å²) in [7, 11) is 0. The molecule has 0 saturated carbocycles. The van der Waals surface area contributed by atoms with Gasteiger partial charge in [-0.3, -0.25) is 9.69 Å². The van der Waals surface area contributed by atoms with Gasteiger partial charge in [-0.2, -0.15) is 4.68 Å². The molecule has 1 aliphatic rings. The van der Waals surface area contributed by atoms with Gasteiger partial charge < -0.3 is 5.32 Å². The molecule has 0 saturated heterocycles. The van der Waals surface area contributed by atoms with Crippen LogP contribution in [0.25, 0.3) is 5.69 Å². The molecule has 0 radical (unpaired) electrons. The van der Waals surface area contributed by atoms with E-state index < -0.39 is 0 Å². The predicted octanol–water partition coefficient (Wildman–Crippen LogP) is 2.23. The number of para-hydroxylation sites is 1. The monoisotopic (exact) mass is 376 g/mol. The Kier molecular flexibility index (Phi) is 4.92. The predicted molar refractivity (Wildman–Crippen MR) is 106 cm³/mol. The molecule has 0 unspecified atom stereocenters. The quantitative estimate of drug-likeness (QED) is 0.739. The molecule has 0 aliphatic carbocycles. The standard InChI is InChI=1S/C21H24N6O/c1-21(2,26-12-11-16-7-3-4-8-17(16)13-26)14-22-20(28)18-9-5-6-10-19(18)27-15-23-24-25-27/h3-10,15H,11-14H2,1-2H3,(H,22,28). The van der Waals surface area contributed by atoms with Gasteiger partial charge in [-0.05, 0) is 54.0 Å². The van der Waals surface area contributed by atoms with E-state index in [4.69, 9.17) is 0 Å². The number of hydrogen-bond acceptors (Lipinski definition) is 5. The van der Waals surface area contributed by atoms with E-state index in [9.17, 15) is 4.79 Å². The molecule has 1 aliphatic heterocycles. The fraction of sp³-hybridized carbons (Fsp3) is 0.333. The Bertz CT molecular complexity index is 967. The number of nitrogens with zero attached hydrogens (tertiary/aromatic N) is 5. The zero-order chi connectivity index (χ0) is 19.6. The van der Waals surface area contributed by atoms with Crippen LogP contribution in [-0.4, -0.2) is 49.6 Å². The summed E-state index contributed by atoms with van der Waals surface area (Å²) in [5.41, 5.74) is 3.85. The molecule has 2 aromatic carbocycles. The number of amides is 1. The summed E-state index contributed by atoms with van der Waals surface area (Å²) in [6.07, 6.45) is 2.52. The highest BCUT2D eigenvalue weighted by Crippen LogP contribution is 2.25. The van der Waals surface area contributed by atoms with Crippen molar-refractivity contribution in [3.05, 3.63) is 71.5 Å². The van der Waals surface area contributed by atoms with Crippen LogP contribution in [0.4, 0.5) is 0 Å². The second-order valence-electron chi connectivity index (χ2n) is 7.71. The maximum atomic E-state index is 12.9. The van der Waals surface area contributed by atoms with E-state index in [1.54, 1.807) is 6.07 Å². The van der Waals surface area contributed by atoms with Crippen molar-refractivity contribution in [1.29, 1.82) is 0 Å². The van der Waals surface area contributed by atoms with E-state index in [-0.39, 0.29) is 11.4 Å². The van der Waals surface area contributed by atoms with Gasteiger partial charge in [0.2, 0.25) is 0 Å². The molecule has 1 aromatic heterocycles. The summed E-state index contributed by atoms with van der Waals surface area (Å²) < 4.78 is 1.50. The van der Waals surface area contributed by atoms with E-state index in [1.807, 2.05) is 18.2 Å². The third-order valence-electron chi connectivity index (χ3n) is 5.41. The number of nitrogens with one attached hydrogen (secondary N) is 1. The first-order valence-electron chi connectivity index (χ1n) is 9.47. The van der Waals surface area contributed by atoms with Crippen LogP contribution in [0, 0.1) is 0 Å². The summed E-state index contributed by atoms with van der Waals surface area (Å²) in [5.74, 6) is -0.128. The van der Waals surface area contributed by atoms with Crippen LogP contribution in [0.15, 0.2) is 54.9 Å². The summed E-state index contributed by atoms with van der Waals surface area (Å²) in [4.78, 5) is 15.3. The van der Waals surface area contributed by atoms with Gasteiger partial charge >= 0.3 is 0 Å². The van der Waals surface area contributed by atoms with E-state index in [1.165, 1.54) is 22.1 Å². The number of fused-ring (bicyclic) bond motifs is 1. The van der Waals surface area contributed by atoms with Crippen molar-refractivity contribution in [2.75, 3.05) is 13.1 Å². The van der Waals surface area contributed by atoms with Crippen molar-refractivity contribution in [1.82, 2.24) is 30.4 Å². The Morgan fingerprint density at radius 3 is 2.64 bits per heavy atom. The van der Waals surface area contributed by atoms with Crippen LogP contribution in [-0.2, 0) is 13.0 Å². The van der Waals surface area contributed by atoms with Crippen molar-refractivity contribution < 1.29 is 4.79 Å². The van der Waals surface area contributed by atoms with Gasteiger partial charge in [0.1, 0.15) is 6.33 Å². The first kappa shape index (κ1) is 18.3. The highest BCUT2D eigenvalue weighted by atomic mass is 16.1. The minimum absolute atomic E-state index is 0.128. The smallest absolute Gasteiger partial charge is 0.253 e. The molecule has 4 rings (SSSR count). The highest BCUT2D eigenvalue weighted by molar-refractivity contribution is 5.97. The second-order valence-corrected chi connectivity index (χ2v) is 7.71. The molecule has 0 fully saturated rings. The average Bonchev–Trinajstić information content (AvgIpc) is 3.26. The maximum Gasteiger partial charge on any atom is 0.253 e. The van der Waals surface area contributed by atoms with Gasteiger partial charge in [0.15, 0.2) is 0 Å². The number of benzene rings is 2. The van der Waals surface area contributed by atoms with Gasteiger partial charge in [0, 0.05) is 25.2 Å². The molecule has 0 spiro atoms. The maximum absolute atomic E-state index is 12.9. The molecule has 2 heterocycles. The molecule has 7 nitrogen and oxygen atoms in total. The van der Waals surface area contributed by atoms with Crippen LogP contribution in [0.5, 0.6) is 0 Å². The Balaban J connectivity index is 1.45. The summed E-state index contributed by atoms with van der Waals surface area (Å²) >= 11 is 0. The van der Waals surface area contributed by atoms with Crippen molar-refractivity contribution in [2.24, 2.45) is 0 Å². The highest BCUT2D eigenvalue weighted by Gasteiger charge is 2.30. The number of tetrazole rings is 1. The number of aromatic nitrogens is 4. The van der Waals surface area contributed by atoms with Crippen LogP contribution in [0.1, 0.15) is 35.3 Å². The lowest BCUT2D eigenvalue weighted by molar-refractivity contribution is 0.0826. The van der Waals surface area contributed by atoms with Gasteiger partial charge in [-0.1, -0.05) is 36.4 Å². The second kappa shape index (κ2) is 7.52. The Hall–Kier alpha value is -3.06. The molecular formula is C21H24N6O. The topological polar surface area (TPSA) is 75.9 Å². The normalized spacial score (nSPS) is 14.5. The molecule has 28 heavy (non-hydrogen) atoms. The van der Waals surface area contributed by atoms with E-state index in [2.05, 4.69) is 63.9 Å². The molecule has 144 valence electrons. The zero-order valence-corrected chi connectivity index (χ0v) is 16.2. The summed E-state index contributed by atoms with van der Waals surface area (Å²) in [5, 5.41) is 14.3. The largest absolute Gasteiger partial charge is 0.350 e. The molecule has 1 N–H and O–H groups in total. The molecular weight excluding hydrogens is 352 g/mol. The van der Waals surface area contributed by atoms with Gasteiger partial charge in [-0.25, -0.2) is 0 Å². The number of carbonyl (C=O) groups is 1. The number of hydrogen-bond donors (Lipinski definition) is 1. The minimum atomic E-state index is -0.160. The van der Waals surface area contributed by atoms with Crippen LogP contribution < -0.4 is 5.32 Å². The number of rotatable bonds is 5. The van der Waals surface area contributed by atoms with Crippen LogP contribution in [0.3, 0.4) is 0 Å². The van der Waals surface area contributed by atoms with E-state index in [0.29, 0.717) is 17.8 Å². The van der Waals surface area contributed by atoms with Crippen molar-refractivity contribution >= 4 is 5.91 Å². The third kappa shape index (κ3) is 3.66. The fourth-order valence-corrected chi connectivity index (χ4v) is 3.65. The summed E-state index contributed by atoms with van der Waals surface area (Å²) in [6, 6.07) is 15.9.